The number of rotatable bonds is 7. The van der Waals surface area contributed by atoms with Gasteiger partial charge in [0, 0.05) is 25.1 Å². The molecular formula is C17H23NO3. The third-order valence-electron chi connectivity index (χ3n) is 3.76. The largest absolute Gasteiger partial charge is 0.466 e. The number of nitrogens with zero attached hydrogens (tertiary/aromatic N) is 1. The van der Waals surface area contributed by atoms with Crippen molar-refractivity contribution in [1.29, 1.82) is 0 Å². The molecule has 1 amide bonds. The number of anilines is 1. The number of carbonyl (C=O) groups is 2. The fourth-order valence-corrected chi connectivity index (χ4v) is 2.69. The lowest BCUT2D eigenvalue weighted by molar-refractivity contribution is -0.143. The number of esters is 1. The van der Waals surface area contributed by atoms with Crippen LogP contribution in [0, 0.1) is 0 Å². The lowest BCUT2D eigenvalue weighted by atomic mass is 10.0. The monoisotopic (exact) mass is 289 g/mol. The molecule has 0 aliphatic carbocycles. The van der Waals surface area contributed by atoms with Crippen LogP contribution in [0.15, 0.2) is 24.3 Å². The summed E-state index contributed by atoms with van der Waals surface area (Å²) in [5.74, 6) is 0.0796. The summed E-state index contributed by atoms with van der Waals surface area (Å²) in [5.41, 5.74) is 2.31. The second-order valence-electron chi connectivity index (χ2n) is 5.29. The van der Waals surface area contributed by atoms with Crippen molar-refractivity contribution in [3.63, 3.8) is 0 Å². The quantitative estimate of drug-likeness (QED) is 0.572. The summed E-state index contributed by atoms with van der Waals surface area (Å²) in [5, 5.41) is 0. The van der Waals surface area contributed by atoms with Crippen molar-refractivity contribution in [2.45, 2.75) is 45.4 Å². The normalized spacial score (nSPS) is 14.0. The Balaban J connectivity index is 1.78. The van der Waals surface area contributed by atoms with Crippen molar-refractivity contribution in [3.05, 3.63) is 29.8 Å². The third-order valence-corrected chi connectivity index (χ3v) is 3.76. The molecule has 1 aliphatic rings. The third kappa shape index (κ3) is 4.31. The smallest absolute Gasteiger partial charge is 0.305 e. The van der Waals surface area contributed by atoms with Gasteiger partial charge in [0.15, 0.2) is 0 Å². The molecular weight excluding hydrogens is 266 g/mol. The zero-order chi connectivity index (χ0) is 15.1. The predicted octanol–water partition coefficient (Wildman–Crippen LogP) is 3.09. The average molecular weight is 289 g/mol. The van der Waals surface area contributed by atoms with Crippen LogP contribution in [0.4, 0.5) is 5.69 Å². The first kappa shape index (κ1) is 15.5. The average Bonchev–Trinajstić information content (AvgIpc) is 2.49. The number of hydrogen-bond acceptors (Lipinski definition) is 3. The first-order valence-electron chi connectivity index (χ1n) is 7.76. The number of benzene rings is 1. The van der Waals surface area contributed by atoms with Gasteiger partial charge < -0.3 is 9.64 Å². The van der Waals surface area contributed by atoms with E-state index in [-0.39, 0.29) is 11.9 Å². The van der Waals surface area contributed by atoms with E-state index in [9.17, 15) is 9.59 Å². The Morgan fingerprint density at radius 1 is 1.19 bits per heavy atom. The highest BCUT2D eigenvalue weighted by Gasteiger charge is 2.22. The van der Waals surface area contributed by atoms with Crippen LogP contribution in [0.5, 0.6) is 0 Å². The zero-order valence-electron chi connectivity index (χ0n) is 12.6. The summed E-state index contributed by atoms with van der Waals surface area (Å²) >= 11 is 0. The number of ether oxygens (including phenoxy) is 1. The molecule has 0 aromatic heterocycles. The number of carbonyl (C=O) groups excluding carboxylic acids is 2. The first-order valence-corrected chi connectivity index (χ1v) is 7.76. The molecule has 0 unspecified atom stereocenters. The highest BCUT2D eigenvalue weighted by atomic mass is 16.5. The SMILES string of the molecule is CCOC(=O)CCCCCN1C(=O)CCc2ccccc21. The molecule has 4 nitrogen and oxygen atoms in total. The number of amides is 1. The van der Waals surface area contributed by atoms with Crippen LogP contribution in [-0.2, 0) is 20.7 Å². The van der Waals surface area contributed by atoms with Gasteiger partial charge in [-0.1, -0.05) is 24.6 Å². The molecule has 0 bridgehead atoms. The molecule has 0 radical (unpaired) electrons. The van der Waals surface area contributed by atoms with Crippen LogP contribution in [-0.4, -0.2) is 25.0 Å². The van der Waals surface area contributed by atoms with E-state index in [2.05, 4.69) is 6.07 Å². The first-order chi connectivity index (χ1) is 10.2. The number of para-hydroxylation sites is 1. The van der Waals surface area contributed by atoms with Crippen LogP contribution in [0.1, 0.15) is 44.6 Å². The molecule has 0 N–H and O–H groups in total. The maximum atomic E-state index is 12.1. The van der Waals surface area contributed by atoms with Gasteiger partial charge in [0.25, 0.3) is 0 Å². The van der Waals surface area contributed by atoms with Crippen molar-refractivity contribution in [3.8, 4) is 0 Å². The summed E-state index contributed by atoms with van der Waals surface area (Å²) in [4.78, 5) is 25.2. The Labute approximate surface area is 126 Å². The van der Waals surface area contributed by atoms with Gasteiger partial charge >= 0.3 is 5.97 Å². The van der Waals surface area contributed by atoms with Gasteiger partial charge in [0.2, 0.25) is 5.91 Å². The maximum Gasteiger partial charge on any atom is 0.305 e. The summed E-state index contributed by atoms with van der Waals surface area (Å²) in [6, 6.07) is 8.11. The molecule has 2 rings (SSSR count). The zero-order valence-corrected chi connectivity index (χ0v) is 12.6. The molecule has 21 heavy (non-hydrogen) atoms. The van der Waals surface area contributed by atoms with Crippen molar-refractivity contribution < 1.29 is 14.3 Å². The van der Waals surface area contributed by atoms with Gasteiger partial charge in [-0.25, -0.2) is 0 Å². The van der Waals surface area contributed by atoms with E-state index in [1.807, 2.05) is 30.0 Å². The van der Waals surface area contributed by atoms with Gasteiger partial charge in [0.1, 0.15) is 0 Å². The van der Waals surface area contributed by atoms with E-state index in [0.29, 0.717) is 19.4 Å². The Bertz CT molecular complexity index is 499. The lowest BCUT2D eigenvalue weighted by Gasteiger charge is -2.29. The number of aryl methyl sites for hydroxylation is 1. The van der Waals surface area contributed by atoms with E-state index in [4.69, 9.17) is 4.74 Å². The van der Waals surface area contributed by atoms with E-state index in [1.54, 1.807) is 0 Å². The highest BCUT2D eigenvalue weighted by molar-refractivity contribution is 5.96. The van der Waals surface area contributed by atoms with Crippen molar-refractivity contribution in [1.82, 2.24) is 0 Å². The molecule has 1 aliphatic heterocycles. The van der Waals surface area contributed by atoms with E-state index in [1.165, 1.54) is 5.56 Å². The minimum atomic E-state index is -0.128. The summed E-state index contributed by atoms with van der Waals surface area (Å²) in [6.07, 6.45) is 4.58. The fourth-order valence-electron chi connectivity index (χ4n) is 2.69. The summed E-state index contributed by atoms with van der Waals surface area (Å²) in [6.45, 7) is 2.99. The van der Waals surface area contributed by atoms with Gasteiger partial charge in [-0.15, -0.1) is 0 Å². The molecule has 0 spiro atoms. The van der Waals surface area contributed by atoms with Crippen molar-refractivity contribution in [2.75, 3.05) is 18.1 Å². The molecule has 0 atom stereocenters. The van der Waals surface area contributed by atoms with Gasteiger partial charge in [0.05, 0.1) is 6.61 Å². The Morgan fingerprint density at radius 3 is 2.81 bits per heavy atom. The molecule has 0 fully saturated rings. The van der Waals surface area contributed by atoms with Crippen LogP contribution in [0.25, 0.3) is 0 Å². The predicted molar refractivity (Wildman–Crippen MR) is 82.2 cm³/mol. The van der Waals surface area contributed by atoms with Crippen LogP contribution >= 0.6 is 0 Å². The molecule has 0 saturated carbocycles. The second kappa shape index (κ2) is 7.81. The fraction of sp³-hybridized carbons (Fsp3) is 0.529. The van der Waals surface area contributed by atoms with Crippen LogP contribution in [0.2, 0.25) is 0 Å². The Hall–Kier alpha value is -1.84. The minimum absolute atomic E-state index is 0.128. The topological polar surface area (TPSA) is 46.6 Å². The summed E-state index contributed by atoms with van der Waals surface area (Å²) < 4.78 is 4.90. The molecule has 1 aromatic rings. The van der Waals surface area contributed by atoms with Crippen molar-refractivity contribution in [2.24, 2.45) is 0 Å². The molecule has 1 heterocycles. The molecule has 114 valence electrons. The van der Waals surface area contributed by atoms with E-state index >= 15 is 0 Å². The second-order valence-corrected chi connectivity index (χ2v) is 5.29. The maximum absolute atomic E-state index is 12.1. The number of hydrogen-bond donors (Lipinski definition) is 0. The Kier molecular flexibility index (Phi) is 5.78. The molecule has 0 saturated heterocycles. The van der Waals surface area contributed by atoms with Gasteiger partial charge in [-0.2, -0.15) is 0 Å². The minimum Gasteiger partial charge on any atom is -0.466 e. The van der Waals surface area contributed by atoms with Crippen LogP contribution in [0.3, 0.4) is 0 Å². The summed E-state index contributed by atoms with van der Waals surface area (Å²) in [7, 11) is 0. The van der Waals surface area contributed by atoms with E-state index < -0.39 is 0 Å². The van der Waals surface area contributed by atoms with Gasteiger partial charge in [-0.05, 0) is 37.8 Å². The van der Waals surface area contributed by atoms with Gasteiger partial charge in [-0.3, -0.25) is 9.59 Å². The highest BCUT2D eigenvalue weighted by Crippen LogP contribution is 2.27. The standard InChI is InChI=1S/C17H23NO3/c1-2-21-17(20)10-4-3-7-13-18-15-9-6-5-8-14(15)11-12-16(18)19/h5-6,8-9H,2-4,7,10-13H2,1H3. The van der Waals surface area contributed by atoms with E-state index in [0.717, 1.165) is 37.9 Å². The van der Waals surface area contributed by atoms with Crippen molar-refractivity contribution >= 4 is 17.6 Å². The molecule has 4 heteroatoms. The lowest BCUT2D eigenvalue weighted by Crippen LogP contribution is -2.35. The van der Waals surface area contributed by atoms with Crippen LogP contribution < -0.4 is 4.90 Å². The number of fused-ring (bicyclic) bond motifs is 1. The number of unbranched alkanes of at least 4 members (excludes halogenated alkanes) is 2. The Morgan fingerprint density at radius 2 is 2.00 bits per heavy atom. The molecule has 1 aromatic carbocycles.